The van der Waals surface area contributed by atoms with Crippen LogP contribution in [0, 0.1) is 0 Å². The lowest BCUT2D eigenvalue weighted by atomic mass is 10.2. The molecular weight excluding hydrogens is 314 g/mol. The van der Waals surface area contributed by atoms with Gasteiger partial charge in [-0.1, -0.05) is 18.2 Å². The van der Waals surface area contributed by atoms with E-state index in [1.54, 1.807) is 31.2 Å². The van der Waals surface area contributed by atoms with Gasteiger partial charge in [-0.2, -0.15) is 0 Å². The van der Waals surface area contributed by atoms with Crippen LogP contribution in [-0.4, -0.2) is 30.9 Å². The van der Waals surface area contributed by atoms with Crippen LogP contribution in [0.5, 0.6) is 0 Å². The number of nitrogens with zero attached hydrogens (tertiary/aromatic N) is 1. The molecule has 2 amide bonds. The summed E-state index contributed by atoms with van der Waals surface area (Å²) in [4.78, 5) is 26.6. The van der Waals surface area contributed by atoms with E-state index in [1.807, 2.05) is 30.3 Å². The van der Waals surface area contributed by atoms with Crippen molar-refractivity contribution in [2.75, 3.05) is 23.3 Å². The summed E-state index contributed by atoms with van der Waals surface area (Å²) in [6, 6.07) is 15.9. The highest BCUT2D eigenvalue weighted by Crippen LogP contribution is 2.17. The molecule has 1 unspecified atom stereocenters. The van der Waals surface area contributed by atoms with Crippen molar-refractivity contribution >= 4 is 23.2 Å². The Balaban J connectivity index is 1.93. The first-order valence-corrected chi connectivity index (χ1v) is 8.57. The van der Waals surface area contributed by atoms with Crippen molar-refractivity contribution in [1.82, 2.24) is 5.32 Å². The number of nitrogens with one attached hydrogen (secondary N) is 2. The molecule has 0 heterocycles. The summed E-state index contributed by atoms with van der Waals surface area (Å²) in [6.45, 7) is 7.75. The molecule has 1 atom stereocenters. The molecule has 0 spiro atoms. The molecule has 0 aliphatic carbocycles. The molecule has 5 heteroatoms. The van der Waals surface area contributed by atoms with Gasteiger partial charge in [-0.25, -0.2) is 0 Å². The Morgan fingerprint density at radius 3 is 2.12 bits per heavy atom. The number of amides is 2. The van der Waals surface area contributed by atoms with Crippen LogP contribution < -0.4 is 15.5 Å². The minimum absolute atomic E-state index is 0.250. The number of hydrogen-bond donors (Lipinski definition) is 2. The van der Waals surface area contributed by atoms with Crippen molar-refractivity contribution < 1.29 is 9.59 Å². The first kappa shape index (κ1) is 18.5. The lowest BCUT2D eigenvalue weighted by Gasteiger charge is -2.21. The monoisotopic (exact) mass is 339 g/mol. The van der Waals surface area contributed by atoms with Crippen LogP contribution in [0.4, 0.5) is 11.4 Å². The predicted octanol–water partition coefficient (Wildman–Crippen LogP) is 3.29. The van der Waals surface area contributed by atoms with Crippen molar-refractivity contribution in [3.63, 3.8) is 0 Å². The standard InChI is InChI=1S/C20H25N3O2/c1-4-23(5-2)18-13-11-17(12-14-18)22-19(24)15(3)21-20(25)16-9-7-6-8-10-16/h6-15H,4-5H2,1-3H3,(H,21,25)(H,22,24). The highest BCUT2D eigenvalue weighted by atomic mass is 16.2. The number of hydrogen-bond acceptors (Lipinski definition) is 3. The van der Waals surface area contributed by atoms with E-state index in [2.05, 4.69) is 29.4 Å². The molecule has 0 aromatic heterocycles. The SMILES string of the molecule is CCN(CC)c1ccc(NC(=O)C(C)NC(=O)c2ccccc2)cc1. The van der Waals surface area contributed by atoms with Gasteiger partial charge in [0.05, 0.1) is 0 Å². The van der Waals surface area contributed by atoms with Gasteiger partial charge in [0.15, 0.2) is 0 Å². The predicted molar refractivity (Wildman–Crippen MR) is 102 cm³/mol. The minimum atomic E-state index is -0.629. The first-order valence-electron chi connectivity index (χ1n) is 8.57. The molecule has 0 saturated carbocycles. The van der Waals surface area contributed by atoms with Crippen LogP contribution in [0.1, 0.15) is 31.1 Å². The van der Waals surface area contributed by atoms with Crippen molar-refractivity contribution in [2.45, 2.75) is 26.8 Å². The van der Waals surface area contributed by atoms with E-state index in [4.69, 9.17) is 0 Å². The quantitative estimate of drug-likeness (QED) is 0.814. The Hall–Kier alpha value is -2.82. The third-order valence-corrected chi connectivity index (χ3v) is 4.04. The number of rotatable bonds is 7. The summed E-state index contributed by atoms with van der Waals surface area (Å²) in [5, 5.41) is 5.53. The Labute approximate surface area is 149 Å². The van der Waals surface area contributed by atoms with E-state index in [0.717, 1.165) is 18.8 Å². The largest absolute Gasteiger partial charge is 0.372 e. The maximum absolute atomic E-state index is 12.3. The zero-order valence-corrected chi connectivity index (χ0v) is 15.0. The average molecular weight is 339 g/mol. The van der Waals surface area contributed by atoms with E-state index < -0.39 is 6.04 Å². The molecule has 0 fully saturated rings. The molecule has 0 radical (unpaired) electrons. The minimum Gasteiger partial charge on any atom is -0.372 e. The summed E-state index contributed by atoms with van der Waals surface area (Å²) in [5.74, 6) is -0.514. The normalized spacial score (nSPS) is 11.5. The summed E-state index contributed by atoms with van der Waals surface area (Å²) >= 11 is 0. The maximum Gasteiger partial charge on any atom is 0.251 e. The van der Waals surface area contributed by atoms with Crippen LogP contribution in [0.25, 0.3) is 0 Å². The second-order valence-electron chi connectivity index (χ2n) is 5.77. The number of benzene rings is 2. The van der Waals surface area contributed by atoms with Gasteiger partial charge in [0.2, 0.25) is 5.91 Å². The van der Waals surface area contributed by atoms with Gasteiger partial charge in [-0.3, -0.25) is 9.59 Å². The summed E-state index contributed by atoms with van der Waals surface area (Å²) in [7, 11) is 0. The fraction of sp³-hybridized carbons (Fsp3) is 0.300. The van der Waals surface area contributed by atoms with Crippen molar-refractivity contribution in [1.29, 1.82) is 0 Å². The van der Waals surface area contributed by atoms with Gasteiger partial charge < -0.3 is 15.5 Å². The fourth-order valence-electron chi connectivity index (χ4n) is 2.53. The highest BCUT2D eigenvalue weighted by Gasteiger charge is 2.16. The van der Waals surface area contributed by atoms with Crippen LogP contribution in [0.2, 0.25) is 0 Å². The molecular formula is C20H25N3O2. The van der Waals surface area contributed by atoms with Crippen LogP contribution in [0.3, 0.4) is 0 Å². The molecule has 0 saturated heterocycles. The van der Waals surface area contributed by atoms with Gasteiger partial charge >= 0.3 is 0 Å². The molecule has 132 valence electrons. The third-order valence-electron chi connectivity index (χ3n) is 4.04. The molecule has 25 heavy (non-hydrogen) atoms. The van der Waals surface area contributed by atoms with Crippen LogP contribution >= 0.6 is 0 Å². The zero-order chi connectivity index (χ0) is 18.2. The topological polar surface area (TPSA) is 61.4 Å². The van der Waals surface area contributed by atoms with E-state index in [0.29, 0.717) is 11.3 Å². The zero-order valence-electron chi connectivity index (χ0n) is 15.0. The van der Waals surface area contributed by atoms with E-state index in [9.17, 15) is 9.59 Å². The molecule has 0 bridgehead atoms. The van der Waals surface area contributed by atoms with Crippen molar-refractivity contribution in [3.8, 4) is 0 Å². The lowest BCUT2D eigenvalue weighted by Crippen LogP contribution is -2.41. The Morgan fingerprint density at radius 2 is 1.56 bits per heavy atom. The number of carbonyl (C=O) groups is 2. The summed E-state index contributed by atoms with van der Waals surface area (Å²) in [5.41, 5.74) is 2.36. The molecule has 2 N–H and O–H groups in total. The second kappa shape index (κ2) is 8.87. The third kappa shape index (κ3) is 5.08. The molecule has 0 aliphatic heterocycles. The van der Waals surface area contributed by atoms with Crippen molar-refractivity contribution in [2.24, 2.45) is 0 Å². The number of anilines is 2. The Morgan fingerprint density at radius 1 is 0.960 bits per heavy atom. The number of carbonyl (C=O) groups excluding carboxylic acids is 2. The lowest BCUT2D eigenvalue weighted by molar-refractivity contribution is -0.117. The fourth-order valence-corrected chi connectivity index (χ4v) is 2.53. The summed E-state index contributed by atoms with van der Waals surface area (Å²) < 4.78 is 0. The Kier molecular flexibility index (Phi) is 6.57. The van der Waals surface area contributed by atoms with Gasteiger partial charge in [-0.05, 0) is 57.2 Å². The van der Waals surface area contributed by atoms with Gasteiger partial charge in [0.1, 0.15) is 6.04 Å². The van der Waals surface area contributed by atoms with E-state index in [1.165, 1.54) is 0 Å². The Bertz CT molecular complexity index is 695. The molecule has 5 nitrogen and oxygen atoms in total. The smallest absolute Gasteiger partial charge is 0.251 e. The molecule has 0 aliphatic rings. The molecule has 2 aromatic carbocycles. The average Bonchev–Trinajstić information content (AvgIpc) is 2.64. The van der Waals surface area contributed by atoms with Gasteiger partial charge in [0, 0.05) is 30.0 Å². The van der Waals surface area contributed by atoms with Crippen molar-refractivity contribution in [3.05, 3.63) is 60.2 Å². The maximum atomic E-state index is 12.3. The summed E-state index contributed by atoms with van der Waals surface area (Å²) in [6.07, 6.45) is 0. The van der Waals surface area contributed by atoms with Crippen LogP contribution in [-0.2, 0) is 4.79 Å². The molecule has 2 aromatic rings. The van der Waals surface area contributed by atoms with Gasteiger partial charge in [-0.15, -0.1) is 0 Å². The van der Waals surface area contributed by atoms with Crippen LogP contribution in [0.15, 0.2) is 54.6 Å². The van der Waals surface area contributed by atoms with E-state index in [-0.39, 0.29) is 11.8 Å². The highest BCUT2D eigenvalue weighted by molar-refractivity contribution is 6.00. The molecule has 2 rings (SSSR count). The first-order chi connectivity index (χ1) is 12.0. The van der Waals surface area contributed by atoms with Gasteiger partial charge in [0.25, 0.3) is 5.91 Å². The second-order valence-corrected chi connectivity index (χ2v) is 5.77. The van der Waals surface area contributed by atoms with E-state index >= 15 is 0 Å².